The fourth-order valence-electron chi connectivity index (χ4n) is 1.76. The van der Waals surface area contributed by atoms with Gasteiger partial charge in [0.05, 0.1) is 0 Å². The average Bonchev–Trinajstić information content (AvgIpc) is 2.55. The highest BCUT2D eigenvalue weighted by Gasteiger charge is 2.09. The normalized spacial score (nSPS) is 13.3. The molecule has 1 unspecified atom stereocenters. The Hall–Kier alpha value is -0.800. The van der Waals surface area contributed by atoms with Gasteiger partial charge in [-0.1, -0.05) is 13.0 Å². The van der Waals surface area contributed by atoms with Gasteiger partial charge in [-0.3, -0.25) is 0 Å². The molecule has 2 nitrogen and oxygen atoms in total. The summed E-state index contributed by atoms with van der Waals surface area (Å²) in [7, 11) is 0. The molecule has 0 fully saturated rings. The Morgan fingerprint density at radius 1 is 1.47 bits per heavy atom. The van der Waals surface area contributed by atoms with E-state index in [4.69, 9.17) is 5.73 Å². The highest BCUT2D eigenvalue weighted by atomic mass is 79.9. The molecule has 1 atom stereocenters. The van der Waals surface area contributed by atoms with Crippen LogP contribution in [0.5, 0.6) is 0 Å². The maximum absolute atomic E-state index is 5.87. The van der Waals surface area contributed by atoms with Gasteiger partial charge in [0.1, 0.15) is 0 Å². The van der Waals surface area contributed by atoms with Crippen LogP contribution >= 0.6 is 15.9 Å². The third-order valence-corrected chi connectivity index (χ3v) is 3.62. The van der Waals surface area contributed by atoms with Crippen LogP contribution in [0, 0.1) is 0 Å². The molecule has 0 aliphatic carbocycles. The first kappa shape index (κ1) is 10.7. The maximum Gasteiger partial charge on any atom is 0.0468 e. The molecule has 3 N–H and O–H groups in total. The van der Waals surface area contributed by atoms with Crippen molar-refractivity contribution >= 4 is 26.8 Å². The molecule has 0 aliphatic rings. The van der Waals surface area contributed by atoms with E-state index in [-0.39, 0.29) is 6.04 Å². The van der Waals surface area contributed by atoms with Crippen molar-refractivity contribution in [3.63, 3.8) is 0 Å². The molecule has 80 valence electrons. The number of benzene rings is 1. The number of halogens is 1. The standard InChI is InChI=1S/C12H15BrN2/c1-3-10-12(13)9-6-8(7(2)14)4-5-11(9)15-10/h4-7,15H,3,14H2,1-2H3. The number of nitrogens with two attached hydrogens (primary N) is 1. The summed E-state index contributed by atoms with van der Waals surface area (Å²) in [6, 6.07) is 6.41. The lowest BCUT2D eigenvalue weighted by Crippen LogP contribution is -2.04. The smallest absolute Gasteiger partial charge is 0.0468 e. The molecule has 3 heteroatoms. The lowest BCUT2D eigenvalue weighted by Gasteiger charge is -2.04. The molecule has 0 aliphatic heterocycles. The third kappa shape index (κ3) is 1.82. The Kier molecular flexibility index (Phi) is 2.85. The van der Waals surface area contributed by atoms with Crippen molar-refractivity contribution in [3.8, 4) is 0 Å². The van der Waals surface area contributed by atoms with Crippen LogP contribution in [0.2, 0.25) is 0 Å². The van der Waals surface area contributed by atoms with Crippen LogP contribution < -0.4 is 5.73 Å². The summed E-state index contributed by atoms with van der Waals surface area (Å²) in [6.07, 6.45) is 1.00. The van der Waals surface area contributed by atoms with Gasteiger partial charge < -0.3 is 10.7 Å². The van der Waals surface area contributed by atoms with Crippen molar-refractivity contribution in [2.75, 3.05) is 0 Å². The molecule has 15 heavy (non-hydrogen) atoms. The third-order valence-electron chi connectivity index (χ3n) is 2.71. The van der Waals surface area contributed by atoms with Gasteiger partial charge in [-0.15, -0.1) is 0 Å². The van der Waals surface area contributed by atoms with Crippen molar-refractivity contribution in [3.05, 3.63) is 33.9 Å². The van der Waals surface area contributed by atoms with E-state index in [2.05, 4.69) is 46.0 Å². The fraction of sp³-hybridized carbons (Fsp3) is 0.333. The van der Waals surface area contributed by atoms with E-state index in [0.717, 1.165) is 6.42 Å². The number of H-pyrrole nitrogens is 1. The predicted molar refractivity (Wildman–Crippen MR) is 68.0 cm³/mol. The summed E-state index contributed by atoms with van der Waals surface area (Å²) in [6.45, 7) is 4.14. The van der Waals surface area contributed by atoms with E-state index in [9.17, 15) is 0 Å². The van der Waals surface area contributed by atoms with Gasteiger partial charge in [0.2, 0.25) is 0 Å². The summed E-state index contributed by atoms with van der Waals surface area (Å²) >= 11 is 3.62. The van der Waals surface area contributed by atoms with Gasteiger partial charge in [-0.05, 0) is 47.0 Å². The minimum absolute atomic E-state index is 0.0845. The molecule has 0 spiro atoms. The van der Waals surface area contributed by atoms with Crippen LogP contribution in [-0.2, 0) is 6.42 Å². The molecule has 1 heterocycles. The summed E-state index contributed by atoms with van der Waals surface area (Å²) in [5.74, 6) is 0. The number of hydrogen-bond acceptors (Lipinski definition) is 1. The average molecular weight is 267 g/mol. The lowest BCUT2D eigenvalue weighted by molar-refractivity contribution is 0.820. The van der Waals surface area contributed by atoms with Crippen molar-refractivity contribution in [2.24, 2.45) is 5.73 Å². The molecule has 2 aromatic rings. The van der Waals surface area contributed by atoms with Crippen LogP contribution in [0.4, 0.5) is 0 Å². The second-order valence-corrected chi connectivity index (χ2v) is 4.66. The van der Waals surface area contributed by atoms with E-state index in [1.165, 1.54) is 26.6 Å². The minimum atomic E-state index is 0.0845. The van der Waals surface area contributed by atoms with E-state index in [1.54, 1.807) is 0 Å². The van der Waals surface area contributed by atoms with Crippen LogP contribution in [0.3, 0.4) is 0 Å². The molecular formula is C12H15BrN2. The van der Waals surface area contributed by atoms with Crippen molar-refractivity contribution in [1.82, 2.24) is 4.98 Å². The van der Waals surface area contributed by atoms with Gasteiger partial charge >= 0.3 is 0 Å². The number of aromatic amines is 1. The number of rotatable bonds is 2. The Bertz CT molecular complexity index is 486. The van der Waals surface area contributed by atoms with Crippen molar-refractivity contribution in [1.29, 1.82) is 0 Å². The van der Waals surface area contributed by atoms with Gasteiger partial charge in [0.25, 0.3) is 0 Å². The molecule has 1 aromatic heterocycles. The predicted octanol–water partition coefficient (Wildman–Crippen LogP) is 3.51. The second-order valence-electron chi connectivity index (χ2n) is 3.86. The van der Waals surface area contributed by atoms with Crippen LogP contribution in [0.15, 0.2) is 22.7 Å². The van der Waals surface area contributed by atoms with E-state index >= 15 is 0 Å². The molecule has 0 radical (unpaired) electrons. The minimum Gasteiger partial charge on any atom is -0.357 e. The van der Waals surface area contributed by atoms with Gasteiger partial charge in [-0.2, -0.15) is 0 Å². The molecule has 0 amide bonds. The fourth-order valence-corrected chi connectivity index (χ4v) is 2.47. The maximum atomic E-state index is 5.87. The lowest BCUT2D eigenvalue weighted by atomic mass is 10.1. The Balaban J connectivity index is 2.65. The highest BCUT2D eigenvalue weighted by molar-refractivity contribution is 9.10. The first-order valence-electron chi connectivity index (χ1n) is 5.19. The zero-order valence-electron chi connectivity index (χ0n) is 8.97. The number of nitrogens with one attached hydrogen (secondary N) is 1. The summed E-state index contributed by atoms with van der Waals surface area (Å²) in [4.78, 5) is 3.39. The van der Waals surface area contributed by atoms with E-state index < -0.39 is 0 Å². The topological polar surface area (TPSA) is 41.8 Å². The molecule has 1 aromatic carbocycles. The first-order chi connectivity index (χ1) is 7.13. The Morgan fingerprint density at radius 3 is 2.80 bits per heavy atom. The number of aryl methyl sites for hydroxylation is 1. The van der Waals surface area contributed by atoms with Gasteiger partial charge in [0, 0.05) is 27.1 Å². The quantitative estimate of drug-likeness (QED) is 0.858. The zero-order valence-corrected chi connectivity index (χ0v) is 10.6. The number of fused-ring (bicyclic) bond motifs is 1. The highest BCUT2D eigenvalue weighted by Crippen LogP contribution is 2.29. The summed E-state index contributed by atoms with van der Waals surface area (Å²) in [5, 5.41) is 1.22. The molecule has 0 saturated heterocycles. The van der Waals surface area contributed by atoms with Crippen molar-refractivity contribution in [2.45, 2.75) is 26.3 Å². The number of aromatic nitrogens is 1. The van der Waals surface area contributed by atoms with Crippen molar-refractivity contribution < 1.29 is 0 Å². The van der Waals surface area contributed by atoms with E-state index in [1.807, 2.05) is 6.92 Å². The number of hydrogen-bond donors (Lipinski definition) is 2. The molecule has 0 bridgehead atoms. The largest absolute Gasteiger partial charge is 0.357 e. The Morgan fingerprint density at radius 2 is 2.20 bits per heavy atom. The Labute approximate surface area is 98.0 Å². The zero-order chi connectivity index (χ0) is 11.0. The van der Waals surface area contributed by atoms with E-state index in [0.29, 0.717) is 0 Å². The SMILES string of the molecule is CCc1[nH]c2ccc(C(C)N)cc2c1Br. The second kappa shape index (κ2) is 3.99. The molecular weight excluding hydrogens is 252 g/mol. The van der Waals surface area contributed by atoms with Crippen LogP contribution in [0.1, 0.15) is 31.1 Å². The summed E-state index contributed by atoms with van der Waals surface area (Å²) in [5.41, 5.74) is 9.45. The molecule has 0 saturated carbocycles. The first-order valence-corrected chi connectivity index (χ1v) is 5.98. The molecule has 2 rings (SSSR count). The monoisotopic (exact) mass is 266 g/mol. The summed E-state index contributed by atoms with van der Waals surface area (Å²) < 4.78 is 1.17. The van der Waals surface area contributed by atoms with Crippen LogP contribution in [-0.4, -0.2) is 4.98 Å². The van der Waals surface area contributed by atoms with Gasteiger partial charge in [0.15, 0.2) is 0 Å². The van der Waals surface area contributed by atoms with Gasteiger partial charge in [-0.25, -0.2) is 0 Å². The van der Waals surface area contributed by atoms with Crippen LogP contribution in [0.25, 0.3) is 10.9 Å².